The van der Waals surface area contributed by atoms with Crippen LogP contribution < -0.4 is 9.47 Å². The van der Waals surface area contributed by atoms with Gasteiger partial charge in [-0.1, -0.05) is 29.8 Å². The number of methoxy groups -OCH3 is 1. The zero-order valence-corrected chi connectivity index (χ0v) is 16.4. The topological polar surface area (TPSA) is 88.4 Å². The highest BCUT2D eigenvalue weighted by atomic mass is 35.5. The number of benzene rings is 2. The number of tetrazole rings is 1. The van der Waals surface area contributed by atoms with Crippen LogP contribution in [-0.4, -0.2) is 39.4 Å². The summed E-state index contributed by atoms with van der Waals surface area (Å²) in [7, 11) is 1.47. The van der Waals surface area contributed by atoms with Crippen LogP contribution in [0.3, 0.4) is 0 Å². The lowest BCUT2D eigenvalue weighted by Crippen LogP contribution is -2.11. The number of para-hydroxylation sites is 1. The maximum atomic E-state index is 12.5. The fraction of sp³-hybridized carbons (Fsp3) is 0.263. The van der Waals surface area contributed by atoms with Crippen LogP contribution >= 0.6 is 11.6 Å². The zero-order chi connectivity index (χ0) is 20.1. The summed E-state index contributed by atoms with van der Waals surface area (Å²) in [6.45, 7) is 3.63. The highest BCUT2D eigenvalue weighted by molar-refractivity contribution is 6.32. The maximum absolute atomic E-state index is 12.5. The van der Waals surface area contributed by atoms with Crippen molar-refractivity contribution in [2.24, 2.45) is 0 Å². The summed E-state index contributed by atoms with van der Waals surface area (Å²) in [4.78, 5) is 12.5. The molecule has 0 aliphatic carbocycles. The second-order valence-corrected chi connectivity index (χ2v) is 6.48. The molecule has 1 heterocycles. The molecule has 0 unspecified atom stereocenters. The van der Waals surface area contributed by atoms with Crippen LogP contribution in [0.4, 0.5) is 0 Å². The standard InChI is InChI=1S/C19H19ClN4O4/c1-12(2)28-18-15(20)9-13(10-16(18)26-3)19(25)27-11-17-21-22-23-24(17)14-7-5-4-6-8-14/h4-10,12H,11H2,1-3H3. The van der Waals surface area contributed by atoms with E-state index in [1.54, 1.807) is 0 Å². The molecule has 0 saturated carbocycles. The van der Waals surface area contributed by atoms with E-state index in [0.717, 1.165) is 5.69 Å². The summed E-state index contributed by atoms with van der Waals surface area (Å²) in [5.74, 6) is 0.530. The molecule has 0 N–H and O–H groups in total. The van der Waals surface area contributed by atoms with Gasteiger partial charge in [-0.25, -0.2) is 4.79 Å². The van der Waals surface area contributed by atoms with Gasteiger partial charge in [-0.3, -0.25) is 0 Å². The van der Waals surface area contributed by atoms with Gasteiger partial charge in [0.25, 0.3) is 0 Å². The predicted molar refractivity (Wildman–Crippen MR) is 102 cm³/mol. The fourth-order valence-electron chi connectivity index (χ4n) is 2.47. The Hall–Kier alpha value is -3.13. The highest BCUT2D eigenvalue weighted by Gasteiger charge is 2.19. The number of carbonyl (C=O) groups excluding carboxylic acids is 1. The van der Waals surface area contributed by atoms with Crippen LogP contribution in [0.1, 0.15) is 30.0 Å². The number of ether oxygens (including phenoxy) is 3. The minimum Gasteiger partial charge on any atom is -0.493 e. The first-order chi connectivity index (χ1) is 13.5. The van der Waals surface area contributed by atoms with E-state index in [0.29, 0.717) is 17.3 Å². The van der Waals surface area contributed by atoms with Crippen LogP contribution in [-0.2, 0) is 11.3 Å². The Morgan fingerprint density at radius 1 is 1.21 bits per heavy atom. The van der Waals surface area contributed by atoms with Crippen molar-refractivity contribution in [1.29, 1.82) is 0 Å². The molecule has 9 heteroatoms. The minimum atomic E-state index is -0.584. The van der Waals surface area contributed by atoms with Crippen LogP contribution in [0, 0.1) is 0 Å². The van der Waals surface area contributed by atoms with Gasteiger partial charge < -0.3 is 14.2 Å². The van der Waals surface area contributed by atoms with E-state index < -0.39 is 5.97 Å². The molecule has 3 rings (SSSR count). The normalized spacial score (nSPS) is 10.8. The van der Waals surface area contributed by atoms with Gasteiger partial charge in [0.15, 0.2) is 23.9 Å². The Morgan fingerprint density at radius 2 is 1.96 bits per heavy atom. The molecule has 0 spiro atoms. The van der Waals surface area contributed by atoms with Crippen molar-refractivity contribution < 1.29 is 19.0 Å². The summed E-state index contributed by atoms with van der Waals surface area (Å²) >= 11 is 6.26. The molecule has 1 aromatic heterocycles. The first kappa shape index (κ1) is 19.6. The summed E-state index contributed by atoms with van der Waals surface area (Å²) in [6.07, 6.45) is -0.0963. The molecule has 2 aromatic carbocycles. The molecule has 28 heavy (non-hydrogen) atoms. The minimum absolute atomic E-state index is 0.0963. The second-order valence-electron chi connectivity index (χ2n) is 6.07. The number of rotatable bonds is 7. The van der Waals surface area contributed by atoms with E-state index in [-0.39, 0.29) is 23.3 Å². The Labute approximate surface area is 167 Å². The zero-order valence-electron chi connectivity index (χ0n) is 15.6. The summed E-state index contributed by atoms with van der Waals surface area (Å²) < 4.78 is 17.8. The van der Waals surface area contributed by atoms with Crippen molar-refractivity contribution in [2.45, 2.75) is 26.6 Å². The van der Waals surface area contributed by atoms with Crippen LogP contribution in [0.2, 0.25) is 5.02 Å². The van der Waals surface area contributed by atoms with Crippen LogP contribution in [0.25, 0.3) is 5.69 Å². The molecule has 8 nitrogen and oxygen atoms in total. The maximum Gasteiger partial charge on any atom is 0.338 e. The fourth-order valence-corrected chi connectivity index (χ4v) is 2.72. The Kier molecular flexibility index (Phi) is 6.10. The first-order valence-electron chi connectivity index (χ1n) is 8.53. The molecular formula is C19H19ClN4O4. The molecular weight excluding hydrogens is 384 g/mol. The number of hydrogen-bond acceptors (Lipinski definition) is 7. The number of hydrogen-bond donors (Lipinski definition) is 0. The Bertz CT molecular complexity index is 960. The summed E-state index contributed by atoms with van der Waals surface area (Å²) in [5.41, 5.74) is 0.996. The third kappa shape index (κ3) is 4.40. The van der Waals surface area contributed by atoms with E-state index in [2.05, 4.69) is 15.5 Å². The third-order valence-electron chi connectivity index (χ3n) is 3.69. The average molecular weight is 403 g/mol. The number of carbonyl (C=O) groups is 1. The van der Waals surface area contributed by atoms with Gasteiger partial charge in [-0.2, -0.15) is 4.68 Å². The molecule has 0 saturated heterocycles. The Balaban J connectivity index is 1.76. The van der Waals surface area contributed by atoms with Crippen LogP contribution in [0.5, 0.6) is 11.5 Å². The van der Waals surface area contributed by atoms with E-state index in [4.69, 9.17) is 25.8 Å². The van der Waals surface area contributed by atoms with Crippen molar-refractivity contribution in [3.63, 3.8) is 0 Å². The van der Waals surface area contributed by atoms with E-state index in [1.165, 1.54) is 23.9 Å². The van der Waals surface area contributed by atoms with Gasteiger partial charge in [0.1, 0.15) is 0 Å². The highest BCUT2D eigenvalue weighted by Crippen LogP contribution is 2.37. The SMILES string of the molecule is COc1cc(C(=O)OCc2nnnn2-c2ccccc2)cc(Cl)c1OC(C)C. The number of halogens is 1. The van der Waals surface area contributed by atoms with E-state index in [9.17, 15) is 4.79 Å². The third-order valence-corrected chi connectivity index (χ3v) is 3.97. The molecule has 0 amide bonds. The van der Waals surface area contributed by atoms with Crippen molar-refractivity contribution in [3.8, 4) is 17.2 Å². The molecule has 0 fully saturated rings. The molecule has 3 aromatic rings. The van der Waals surface area contributed by atoms with Gasteiger partial charge in [0.2, 0.25) is 0 Å². The van der Waals surface area contributed by atoms with Crippen molar-refractivity contribution >= 4 is 17.6 Å². The lowest BCUT2D eigenvalue weighted by molar-refractivity contribution is 0.0459. The number of esters is 1. The largest absolute Gasteiger partial charge is 0.493 e. The molecule has 0 bridgehead atoms. The predicted octanol–water partition coefficient (Wildman–Crippen LogP) is 3.47. The lowest BCUT2D eigenvalue weighted by Gasteiger charge is -2.16. The van der Waals surface area contributed by atoms with E-state index >= 15 is 0 Å². The monoisotopic (exact) mass is 402 g/mol. The van der Waals surface area contributed by atoms with Gasteiger partial charge in [-0.15, -0.1) is 5.10 Å². The molecule has 0 radical (unpaired) electrons. The molecule has 0 atom stereocenters. The van der Waals surface area contributed by atoms with Gasteiger partial charge >= 0.3 is 5.97 Å². The smallest absolute Gasteiger partial charge is 0.338 e. The lowest BCUT2D eigenvalue weighted by atomic mass is 10.2. The number of nitrogens with zero attached hydrogens (tertiary/aromatic N) is 4. The summed E-state index contributed by atoms with van der Waals surface area (Å²) in [5, 5.41) is 11.7. The van der Waals surface area contributed by atoms with Gasteiger partial charge in [0.05, 0.1) is 29.5 Å². The number of aromatic nitrogens is 4. The van der Waals surface area contributed by atoms with Crippen molar-refractivity contribution in [1.82, 2.24) is 20.2 Å². The molecule has 0 aliphatic rings. The van der Waals surface area contributed by atoms with Crippen molar-refractivity contribution in [2.75, 3.05) is 7.11 Å². The average Bonchev–Trinajstić information content (AvgIpc) is 3.16. The van der Waals surface area contributed by atoms with Crippen molar-refractivity contribution in [3.05, 3.63) is 58.9 Å². The second kappa shape index (κ2) is 8.71. The van der Waals surface area contributed by atoms with Gasteiger partial charge in [-0.05, 0) is 48.5 Å². The van der Waals surface area contributed by atoms with Gasteiger partial charge in [0, 0.05) is 0 Å². The quantitative estimate of drug-likeness (QED) is 0.559. The van der Waals surface area contributed by atoms with Crippen LogP contribution in [0.15, 0.2) is 42.5 Å². The first-order valence-corrected chi connectivity index (χ1v) is 8.91. The molecule has 146 valence electrons. The summed E-state index contributed by atoms with van der Waals surface area (Å²) in [6, 6.07) is 12.3. The Morgan fingerprint density at radius 3 is 2.64 bits per heavy atom. The van der Waals surface area contributed by atoms with E-state index in [1.807, 2.05) is 44.2 Å². The molecule has 0 aliphatic heterocycles.